The van der Waals surface area contributed by atoms with E-state index in [1.54, 1.807) is 0 Å². The molecule has 5 heteroatoms. The highest BCUT2D eigenvalue weighted by Crippen LogP contribution is 2.27. The third kappa shape index (κ3) is 4.26. The van der Waals surface area contributed by atoms with Crippen molar-refractivity contribution < 1.29 is 24.2 Å². The van der Waals surface area contributed by atoms with Crippen LogP contribution in [0.5, 0.6) is 5.75 Å². The van der Waals surface area contributed by atoms with Crippen LogP contribution in [0.15, 0.2) is 72.1 Å². The summed E-state index contributed by atoms with van der Waals surface area (Å²) in [7, 11) is 0. The minimum absolute atomic E-state index is 0.0289. The number of benzene rings is 1. The number of rotatable bonds is 6. The maximum absolute atomic E-state index is 12.3. The van der Waals surface area contributed by atoms with Crippen LogP contribution in [0, 0.1) is 0 Å². The quantitative estimate of drug-likeness (QED) is 0.796. The van der Waals surface area contributed by atoms with Crippen molar-refractivity contribution in [1.82, 2.24) is 0 Å². The average molecular weight is 338 g/mol. The first kappa shape index (κ1) is 16.8. The molecule has 0 saturated heterocycles. The van der Waals surface area contributed by atoms with Gasteiger partial charge < -0.3 is 14.6 Å². The number of phenols is 1. The molecule has 0 spiro atoms. The Hall–Kier alpha value is -3.08. The van der Waals surface area contributed by atoms with Gasteiger partial charge in [-0.2, -0.15) is 0 Å². The lowest BCUT2D eigenvalue weighted by Crippen LogP contribution is -2.13. The van der Waals surface area contributed by atoms with Crippen LogP contribution in [0.4, 0.5) is 0 Å². The molecule has 0 atom stereocenters. The van der Waals surface area contributed by atoms with Crippen LogP contribution in [0.1, 0.15) is 36.0 Å². The fourth-order valence-corrected chi connectivity index (χ4v) is 2.54. The maximum Gasteiger partial charge on any atom is 0.205 e. The SMILES string of the molecule is O=C(CCC(=O)c1ccc(O)cc1)C1=COC=C(C2=CC=CCC2)O1. The number of ether oxygens (including phenoxy) is 2. The van der Waals surface area contributed by atoms with Gasteiger partial charge >= 0.3 is 0 Å². The zero-order valence-electron chi connectivity index (χ0n) is 13.6. The summed E-state index contributed by atoms with van der Waals surface area (Å²) >= 11 is 0. The predicted octanol–water partition coefficient (Wildman–Crippen LogP) is 3.93. The van der Waals surface area contributed by atoms with Gasteiger partial charge in [-0.15, -0.1) is 0 Å². The van der Waals surface area contributed by atoms with Gasteiger partial charge in [0, 0.05) is 18.4 Å². The summed E-state index contributed by atoms with van der Waals surface area (Å²) in [6.07, 6.45) is 10.5. The van der Waals surface area contributed by atoms with E-state index in [0.717, 1.165) is 18.4 Å². The first-order chi connectivity index (χ1) is 12.1. The van der Waals surface area contributed by atoms with Gasteiger partial charge in [0.25, 0.3) is 0 Å². The Morgan fingerprint density at radius 2 is 1.80 bits per heavy atom. The number of carbonyl (C=O) groups excluding carboxylic acids is 2. The number of ketones is 2. The zero-order chi connectivity index (χ0) is 17.6. The largest absolute Gasteiger partial charge is 0.508 e. The molecule has 0 radical (unpaired) electrons. The maximum atomic E-state index is 12.3. The topological polar surface area (TPSA) is 72.8 Å². The lowest BCUT2D eigenvalue weighted by atomic mass is 10.0. The second-order valence-electron chi connectivity index (χ2n) is 5.75. The number of allylic oxidation sites excluding steroid dienone is 5. The van der Waals surface area contributed by atoms with Crippen LogP contribution in [-0.2, 0) is 14.3 Å². The van der Waals surface area contributed by atoms with Crippen LogP contribution in [0.3, 0.4) is 0 Å². The van der Waals surface area contributed by atoms with E-state index in [-0.39, 0.29) is 35.9 Å². The molecular weight excluding hydrogens is 320 g/mol. The van der Waals surface area contributed by atoms with Gasteiger partial charge in [0.1, 0.15) is 18.3 Å². The fraction of sp³-hybridized carbons (Fsp3) is 0.200. The van der Waals surface area contributed by atoms with Crippen LogP contribution in [-0.4, -0.2) is 16.7 Å². The molecule has 0 fully saturated rings. The number of hydrogen-bond acceptors (Lipinski definition) is 5. The zero-order valence-corrected chi connectivity index (χ0v) is 13.6. The molecule has 1 aliphatic heterocycles. The Bertz CT molecular complexity index is 794. The minimum Gasteiger partial charge on any atom is -0.508 e. The summed E-state index contributed by atoms with van der Waals surface area (Å²) in [4.78, 5) is 24.4. The van der Waals surface area contributed by atoms with Crippen molar-refractivity contribution in [2.75, 3.05) is 0 Å². The lowest BCUT2D eigenvalue weighted by molar-refractivity contribution is -0.118. The Morgan fingerprint density at radius 3 is 2.52 bits per heavy atom. The summed E-state index contributed by atoms with van der Waals surface area (Å²) < 4.78 is 10.9. The molecular formula is C20H18O5. The van der Waals surface area contributed by atoms with Crippen molar-refractivity contribution in [3.05, 3.63) is 77.7 Å². The molecule has 1 heterocycles. The Kier molecular flexibility index (Phi) is 5.14. The summed E-state index contributed by atoms with van der Waals surface area (Å²) in [6, 6.07) is 5.95. The van der Waals surface area contributed by atoms with Crippen LogP contribution >= 0.6 is 0 Å². The van der Waals surface area contributed by atoms with Crippen LogP contribution in [0.25, 0.3) is 0 Å². The highest BCUT2D eigenvalue weighted by molar-refractivity contribution is 6.01. The molecule has 0 saturated carbocycles. The predicted molar refractivity (Wildman–Crippen MR) is 91.5 cm³/mol. The van der Waals surface area contributed by atoms with E-state index in [0.29, 0.717) is 11.3 Å². The van der Waals surface area contributed by atoms with E-state index in [2.05, 4.69) is 6.08 Å². The van der Waals surface area contributed by atoms with Gasteiger partial charge in [0.2, 0.25) is 11.5 Å². The van der Waals surface area contributed by atoms with E-state index in [4.69, 9.17) is 9.47 Å². The molecule has 1 aromatic carbocycles. The first-order valence-electron chi connectivity index (χ1n) is 8.08. The fourth-order valence-electron chi connectivity index (χ4n) is 2.54. The van der Waals surface area contributed by atoms with Crippen molar-refractivity contribution in [3.8, 4) is 5.75 Å². The monoisotopic (exact) mass is 338 g/mol. The first-order valence-corrected chi connectivity index (χ1v) is 8.08. The molecule has 1 N–H and O–H groups in total. The Morgan fingerprint density at radius 1 is 1.04 bits per heavy atom. The summed E-state index contributed by atoms with van der Waals surface area (Å²) in [6.45, 7) is 0. The Balaban J connectivity index is 1.55. The standard InChI is InChI=1S/C20H18O5/c21-16-8-6-14(7-9-16)17(22)10-11-18(23)20-13-24-12-19(25-20)15-4-2-1-3-5-15/h1-2,4,6-9,12-13,21H,3,5,10-11H2. The molecule has 128 valence electrons. The highest BCUT2D eigenvalue weighted by atomic mass is 16.5. The molecule has 3 rings (SSSR count). The molecule has 1 aromatic rings. The molecule has 0 amide bonds. The number of carbonyl (C=O) groups is 2. The third-order valence-electron chi connectivity index (χ3n) is 3.94. The smallest absolute Gasteiger partial charge is 0.205 e. The normalized spacial score (nSPS) is 16.1. The molecule has 5 nitrogen and oxygen atoms in total. The number of Topliss-reactive ketones (excluding diaryl/α,β-unsaturated/α-hetero) is 2. The van der Waals surface area contributed by atoms with E-state index in [1.807, 2.05) is 12.2 Å². The minimum atomic E-state index is -0.287. The van der Waals surface area contributed by atoms with E-state index in [9.17, 15) is 14.7 Å². The van der Waals surface area contributed by atoms with E-state index >= 15 is 0 Å². The van der Waals surface area contributed by atoms with Crippen molar-refractivity contribution in [2.45, 2.75) is 25.7 Å². The van der Waals surface area contributed by atoms with Crippen molar-refractivity contribution >= 4 is 11.6 Å². The van der Waals surface area contributed by atoms with Gasteiger partial charge in [0.15, 0.2) is 11.5 Å². The molecule has 1 aliphatic carbocycles. The summed E-state index contributed by atoms with van der Waals surface area (Å²) in [5.74, 6) is 0.273. The molecule has 2 aliphatic rings. The highest BCUT2D eigenvalue weighted by Gasteiger charge is 2.21. The van der Waals surface area contributed by atoms with E-state index in [1.165, 1.54) is 36.8 Å². The molecule has 0 aromatic heterocycles. The Labute approximate surface area is 145 Å². The van der Waals surface area contributed by atoms with Gasteiger partial charge in [-0.25, -0.2) is 0 Å². The number of aromatic hydroxyl groups is 1. The van der Waals surface area contributed by atoms with Gasteiger partial charge in [-0.1, -0.05) is 18.2 Å². The van der Waals surface area contributed by atoms with E-state index < -0.39 is 0 Å². The molecule has 25 heavy (non-hydrogen) atoms. The average Bonchev–Trinajstić information content (AvgIpc) is 2.67. The lowest BCUT2D eigenvalue weighted by Gasteiger charge is -2.18. The summed E-state index contributed by atoms with van der Waals surface area (Å²) in [5.41, 5.74) is 1.43. The number of hydrogen-bond donors (Lipinski definition) is 1. The molecule has 0 unspecified atom stereocenters. The van der Waals surface area contributed by atoms with Crippen molar-refractivity contribution in [2.24, 2.45) is 0 Å². The van der Waals surface area contributed by atoms with Crippen LogP contribution < -0.4 is 0 Å². The molecule has 0 bridgehead atoms. The van der Waals surface area contributed by atoms with Crippen molar-refractivity contribution in [1.29, 1.82) is 0 Å². The second kappa shape index (κ2) is 7.66. The van der Waals surface area contributed by atoms with Crippen LogP contribution in [0.2, 0.25) is 0 Å². The van der Waals surface area contributed by atoms with Crippen molar-refractivity contribution in [3.63, 3.8) is 0 Å². The number of phenolic OH excluding ortho intramolecular Hbond substituents is 1. The van der Waals surface area contributed by atoms with Gasteiger partial charge in [-0.3, -0.25) is 9.59 Å². The van der Waals surface area contributed by atoms with Gasteiger partial charge in [-0.05, 0) is 42.7 Å². The summed E-state index contributed by atoms with van der Waals surface area (Å²) in [5, 5.41) is 9.24. The second-order valence-corrected chi connectivity index (χ2v) is 5.75. The van der Waals surface area contributed by atoms with Gasteiger partial charge in [0.05, 0.1) is 0 Å². The third-order valence-corrected chi connectivity index (χ3v) is 3.94.